The van der Waals surface area contributed by atoms with Crippen LogP contribution in [0.3, 0.4) is 0 Å². The van der Waals surface area contributed by atoms with Gasteiger partial charge in [-0.25, -0.2) is 13.2 Å². The largest absolute Gasteiger partial charge is 0.478 e. The van der Waals surface area contributed by atoms with E-state index in [2.05, 4.69) is 5.32 Å². The Kier molecular flexibility index (Phi) is 8.65. The predicted molar refractivity (Wildman–Crippen MR) is 161 cm³/mol. The molecule has 0 saturated heterocycles. The smallest absolute Gasteiger partial charge is 0.335 e. The SMILES string of the molecule is Cc1ccc(S(=O)(=O)Nc2ccc(S(=O)(=O)O)c3cc(S(=O)(=O)O)cc(S(=O)(=O)O)c23)cc1NC(=O)c1cc(N)cc(C(=O)O)c1. The van der Waals surface area contributed by atoms with E-state index in [-0.39, 0.29) is 28.6 Å². The molecule has 46 heavy (non-hydrogen) atoms. The molecule has 0 fully saturated rings. The molecule has 0 aromatic heterocycles. The van der Waals surface area contributed by atoms with Crippen LogP contribution in [0.15, 0.2) is 80.2 Å². The first-order chi connectivity index (χ1) is 21.0. The van der Waals surface area contributed by atoms with Crippen molar-refractivity contribution in [1.29, 1.82) is 0 Å². The summed E-state index contributed by atoms with van der Waals surface area (Å²) >= 11 is 0. The molecule has 0 atom stereocenters. The number of aryl methyl sites for hydroxylation is 1. The number of carbonyl (C=O) groups is 2. The van der Waals surface area contributed by atoms with E-state index in [1.165, 1.54) is 19.1 Å². The maximum atomic E-state index is 13.5. The van der Waals surface area contributed by atoms with Crippen molar-refractivity contribution in [3.8, 4) is 0 Å². The van der Waals surface area contributed by atoms with E-state index in [0.29, 0.717) is 23.8 Å². The second-order valence-corrected chi connectivity index (χ2v) is 15.4. The molecule has 17 nitrogen and oxygen atoms in total. The van der Waals surface area contributed by atoms with Gasteiger partial charge in [0.25, 0.3) is 46.3 Å². The van der Waals surface area contributed by atoms with Gasteiger partial charge in [0, 0.05) is 27.7 Å². The van der Waals surface area contributed by atoms with Crippen LogP contribution in [0.25, 0.3) is 10.8 Å². The summed E-state index contributed by atoms with van der Waals surface area (Å²) in [6.07, 6.45) is 0. The number of nitrogen functional groups attached to an aromatic ring is 1. The number of aromatic carboxylic acids is 1. The number of hydrogen-bond donors (Lipinski definition) is 7. The second-order valence-electron chi connectivity index (χ2n) is 9.57. The zero-order valence-electron chi connectivity index (χ0n) is 22.9. The second kappa shape index (κ2) is 11.6. The molecule has 0 aliphatic carbocycles. The first kappa shape index (κ1) is 34.2. The maximum Gasteiger partial charge on any atom is 0.335 e. The van der Waals surface area contributed by atoms with Crippen molar-refractivity contribution in [2.24, 2.45) is 0 Å². The van der Waals surface area contributed by atoms with Gasteiger partial charge in [-0.1, -0.05) is 6.07 Å². The lowest BCUT2D eigenvalue weighted by Gasteiger charge is -2.17. The molecule has 0 aliphatic heterocycles. The number of anilines is 3. The molecule has 0 bridgehead atoms. The molecule has 4 aromatic carbocycles. The van der Waals surface area contributed by atoms with E-state index in [9.17, 15) is 62.0 Å². The summed E-state index contributed by atoms with van der Waals surface area (Å²) < 4.78 is 130. The highest BCUT2D eigenvalue weighted by Gasteiger charge is 2.28. The number of fused-ring (bicyclic) bond motifs is 1. The molecular weight excluding hydrogens is 695 g/mol. The number of carbonyl (C=O) groups excluding carboxylic acids is 1. The fraction of sp³-hybridized carbons (Fsp3) is 0.0400. The lowest BCUT2D eigenvalue weighted by atomic mass is 10.1. The molecule has 4 aromatic rings. The topological polar surface area (TPSA) is 302 Å². The van der Waals surface area contributed by atoms with E-state index in [1.807, 2.05) is 4.72 Å². The van der Waals surface area contributed by atoms with E-state index < -0.39 is 88.3 Å². The number of rotatable bonds is 9. The summed E-state index contributed by atoms with van der Waals surface area (Å²) in [5.41, 5.74) is 4.72. The summed E-state index contributed by atoms with van der Waals surface area (Å²) in [6, 6.07) is 8.65. The summed E-state index contributed by atoms with van der Waals surface area (Å²) in [4.78, 5) is 20.0. The van der Waals surface area contributed by atoms with Gasteiger partial charge in [0.2, 0.25) is 0 Å². The van der Waals surface area contributed by atoms with Gasteiger partial charge in [-0.05, 0) is 67.1 Å². The van der Waals surface area contributed by atoms with Crippen LogP contribution in [0.2, 0.25) is 0 Å². The Morgan fingerprint density at radius 2 is 1.28 bits per heavy atom. The van der Waals surface area contributed by atoms with Crippen LogP contribution in [0, 0.1) is 6.92 Å². The minimum Gasteiger partial charge on any atom is -0.478 e. The molecule has 1 amide bonds. The van der Waals surface area contributed by atoms with Crippen molar-refractivity contribution >= 4 is 80.1 Å². The fourth-order valence-corrected chi connectivity index (χ4v) is 7.40. The Morgan fingerprint density at radius 3 is 1.85 bits per heavy atom. The molecule has 0 radical (unpaired) electrons. The molecule has 0 saturated carbocycles. The standard InChI is InChI=1S/C25H21N3O14S4/c1-12-2-3-16(10-20(12)27-24(29)13-6-14(25(30)31)8-15(26)7-13)43(32,33)28-19-4-5-21(45(37,38)39)18-9-17(44(34,35)36)11-22(23(18)19)46(40,41)42/h2-11,28H,26H2,1H3,(H,27,29)(H,30,31)(H,34,35,36)(H,37,38,39)(H,40,41,42). The van der Waals surface area contributed by atoms with Crippen molar-refractivity contribution < 1.29 is 62.0 Å². The number of hydrogen-bond acceptors (Lipinski definition) is 11. The Bertz CT molecular complexity index is 2430. The molecule has 4 rings (SSSR count). The Morgan fingerprint density at radius 1 is 0.674 bits per heavy atom. The van der Waals surface area contributed by atoms with E-state index in [0.717, 1.165) is 24.3 Å². The highest BCUT2D eigenvalue weighted by atomic mass is 32.2. The predicted octanol–water partition coefficient (Wildman–Crippen LogP) is 2.22. The quantitative estimate of drug-likeness (QED) is 0.0965. The molecule has 21 heteroatoms. The molecule has 0 aliphatic rings. The van der Waals surface area contributed by atoms with Gasteiger partial charge in [0.1, 0.15) is 9.79 Å². The number of nitrogens with two attached hydrogens (primary N) is 1. The third-order valence-electron chi connectivity index (χ3n) is 6.34. The van der Waals surface area contributed by atoms with Crippen LogP contribution >= 0.6 is 0 Å². The van der Waals surface area contributed by atoms with Crippen LogP contribution in [0.1, 0.15) is 26.3 Å². The van der Waals surface area contributed by atoms with Crippen molar-refractivity contribution in [3.05, 3.63) is 77.4 Å². The highest BCUT2D eigenvalue weighted by Crippen LogP contribution is 2.38. The van der Waals surface area contributed by atoms with Crippen LogP contribution in [0.4, 0.5) is 17.1 Å². The van der Waals surface area contributed by atoms with Crippen LogP contribution in [-0.2, 0) is 40.4 Å². The monoisotopic (exact) mass is 715 g/mol. The van der Waals surface area contributed by atoms with Gasteiger partial charge < -0.3 is 16.2 Å². The molecule has 0 unspecified atom stereocenters. The average Bonchev–Trinajstić information content (AvgIpc) is 2.91. The molecule has 244 valence electrons. The lowest BCUT2D eigenvalue weighted by Crippen LogP contribution is -2.17. The van der Waals surface area contributed by atoms with Gasteiger partial charge in [-0.3, -0.25) is 23.2 Å². The first-order valence-corrected chi connectivity index (χ1v) is 17.9. The van der Waals surface area contributed by atoms with Gasteiger partial charge in [-0.2, -0.15) is 25.3 Å². The number of carboxylic acids is 1. The summed E-state index contributed by atoms with van der Waals surface area (Å²) in [5, 5.41) is 9.86. The average molecular weight is 716 g/mol. The zero-order valence-corrected chi connectivity index (χ0v) is 26.1. The molecule has 0 heterocycles. The zero-order chi connectivity index (χ0) is 34.6. The van der Waals surface area contributed by atoms with Gasteiger partial charge in [0.15, 0.2) is 0 Å². The third-order valence-corrected chi connectivity index (χ3v) is 10.3. The number of nitrogens with one attached hydrogen (secondary N) is 2. The van der Waals surface area contributed by atoms with Gasteiger partial charge in [0.05, 0.1) is 21.0 Å². The van der Waals surface area contributed by atoms with Crippen molar-refractivity contribution in [3.63, 3.8) is 0 Å². The van der Waals surface area contributed by atoms with E-state index >= 15 is 0 Å². The summed E-state index contributed by atoms with van der Waals surface area (Å²) in [7, 11) is -20.7. The van der Waals surface area contributed by atoms with Gasteiger partial charge >= 0.3 is 5.97 Å². The molecule has 8 N–H and O–H groups in total. The van der Waals surface area contributed by atoms with E-state index in [4.69, 9.17) is 5.73 Å². The maximum absolute atomic E-state index is 13.5. The van der Waals surface area contributed by atoms with Gasteiger partial charge in [-0.15, -0.1) is 0 Å². The van der Waals surface area contributed by atoms with Crippen LogP contribution in [-0.4, -0.2) is 64.3 Å². The normalized spacial score (nSPS) is 12.5. The fourth-order valence-electron chi connectivity index (χ4n) is 4.26. The molecule has 0 spiro atoms. The highest BCUT2D eigenvalue weighted by molar-refractivity contribution is 7.92. The summed E-state index contributed by atoms with van der Waals surface area (Å²) in [6.45, 7) is 1.49. The van der Waals surface area contributed by atoms with Crippen molar-refractivity contribution in [2.45, 2.75) is 26.5 Å². The first-order valence-electron chi connectivity index (χ1n) is 12.1. The minimum absolute atomic E-state index is 0.0393. The van der Waals surface area contributed by atoms with Crippen molar-refractivity contribution in [1.82, 2.24) is 0 Å². The van der Waals surface area contributed by atoms with Crippen molar-refractivity contribution in [2.75, 3.05) is 15.8 Å². The number of carboxylic acid groups (broad SMARTS) is 1. The summed E-state index contributed by atoms with van der Waals surface area (Å²) in [5.74, 6) is -2.22. The number of sulfonamides is 1. The number of amides is 1. The Labute approximate surface area is 261 Å². The Balaban J connectivity index is 1.86. The van der Waals surface area contributed by atoms with Crippen LogP contribution in [0.5, 0.6) is 0 Å². The lowest BCUT2D eigenvalue weighted by molar-refractivity contribution is 0.0696. The van der Waals surface area contributed by atoms with E-state index in [1.54, 1.807) is 0 Å². The Hall–Kier alpha value is -4.64. The number of benzene rings is 4. The van der Waals surface area contributed by atoms with Crippen LogP contribution < -0.4 is 15.8 Å². The minimum atomic E-state index is -5.46. The molecular formula is C25H21N3O14S4. The third kappa shape index (κ3) is 7.09.